The van der Waals surface area contributed by atoms with E-state index in [9.17, 15) is 9.90 Å². The van der Waals surface area contributed by atoms with Crippen molar-refractivity contribution >= 4 is 5.91 Å². The zero-order chi connectivity index (χ0) is 17.6. The molecule has 3 rings (SSSR count). The molecule has 1 amide bonds. The lowest BCUT2D eigenvalue weighted by molar-refractivity contribution is -0.122. The number of carbonyl (C=O) groups is 1. The molecule has 0 aliphatic heterocycles. The highest BCUT2D eigenvalue weighted by molar-refractivity contribution is 5.77. The second-order valence-corrected chi connectivity index (χ2v) is 6.59. The Morgan fingerprint density at radius 1 is 1.28 bits per heavy atom. The lowest BCUT2D eigenvalue weighted by atomic mass is 9.81. The number of rotatable bonds is 6. The molecular weight excluding hydrogens is 314 g/mol. The quantitative estimate of drug-likeness (QED) is 0.848. The minimum atomic E-state index is -0.673. The maximum atomic E-state index is 12.3. The van der Waals surface area contributed by atoms with E-state index in [1.165, 1.54) is 11.1 Å². The highest BCUT2D eigenvalue weighted by Crippen LogP contribution is 2.35. The van der Waals surface area contributed by atoms with Crippen molar-refractivity contribution in [3.63, 3.8) is 0 Å². The summed E-state index contributed by atoms with van der Waals surface area (Å²) < 4.78 is 5.30. The maximum Gasteiger partial charge on any atom is 0.220 e. The zero-order valence-corrected chi connectivity index (χ0v) is 14.6. The fourth-order valence-electron chi connectivity index (χ4n) is 3.53. The monoisotopic (exact) mass is 339 g/mol. The Kier molecular flexibility index (Phi) is 5.71. The standard InChI is InChI=1S/C21H25NO3/c1-25-18-10-11-19-16(12-18)8-5-9-17(19)13-21(24)22-14-20(23)15-6-3-2-4-7-15/h2-4,6-7,10-12,17,20,23H,5,8-9,13-14H2,1H3,(H,22,24)/t17-,20+/m0/s1. The minimum Gasteiger partial charge on any atom is -0.497 e. The van der Waals surface area contributed by atoms with Gasteiger partial charge in [-0.25, -0.2) is 0 Å². The summed E-state index contributed by atoms with van der Waals surface area (Å²) in [5, 5.41) is 13.0. The lowest BCUT2D eigenvalue weighted by Gasteiger charge is -2.25. The van der Waals surface area contributed by atoms with E-state index < -0.39 is 6.10 Å². The number of fused-ring (bicyclic) bond motifs is 1. The normalized spacial score (nSPS) is 17.4. The number of benzene rings is 2. The second-order valence-electron chi connectivity index (χ2n) is 6.59. The van der Waals surface area contributed by atoms with E-state index in [4.69, 9.17) is 4.74 Å². The molecule has 0 aromatic heterocycles. The summed E-state index contributed by atoms with van der Waals surface area (Å²) in [6, 6.07) is 15.5. The third-order valence-electron chi connectivity index (χ3n) is 4.90. The molecule has 0 saturated heterocycles. The van der Waals surface area contributed by atoms with Gasteiger partial charge in [0, 0.05) is 13.0 Å². The molecule has 2 atom stereocenters. The van der Waals surface area contributed by atoms with Gasteiger partial charge in [-0.3, -0.25) is 4.79 Å². The van der Waals surface area contributed by atoms with Gasteiger partial charge in [0.05, 0.1) is 13.2 Å². The number of aryl methyl sites for hydroxylation is 1. The fourth-order valence-corrected chi connectivity index (χ4v) is 3.53. The number of nitrogens with one attached hydrogen (secondary N) is 1. The summed E-state index contributed by atoms with van der Waals surface area (Å²) in [6.45, 7) is 0.241. The number of methoxy groups -OCH3 is 1. The molecule has 0 unspecified atom stereocenters. The molecule has 1 aliphatic rings. The van der Waals surface area contributed by atoms with Gasteiger partial charge in [0.2, 0.25) is 5.91 Å². The van der Waals surface area contributed by atoms with E-state index in [0.717, 1.165) is 30.6 Å². The Morgan fingerprint density at radius 2 is 2.08 bits per heavy atom. The van der Waals surface area contributed by atoms with Crippen molar-refractivity contribution in [2.45, 2.75) is 37.7 Å². The Hall–Kier alpha value is -2.33. The molecule has 4 nitrogen and oxygen atoms in total. The highest BCUT2D eigenvalue weighted by atomic mass is 16.5. The van der Waals surface area contributed by atoms with Crippen molar-refractivity contribution in [3.8, 4) is 5.75 Å². The first-order valence-corrected chi connectivity index (χ1v) is 8.84. The van der Waals surface area contributed by atoms with Gasteiger partial charge in [-0.1, -0.05) is 36.4 Å². The Morgan fingerprint density at radius 3 is 2.84 bits per heavy atom. The van der Waals surface area contributed by atoms with E-state index in [2.05, 4.69) is 17.4 Å². The molecule has 0 fully saturated rings. The Balaban J connectivity index is 1.57. The summed E-state index contributed by atoms with van der Waals surface area (Å²) in [6.07, 6.45) is 2.93. The van der Waals surface area contributed by atoms with Crippen LogP contribution in [-0.2, 0) is 11.2 Å². The molecule has 0 heterocycles. The molecule has 25 heavy (non-hydrogen) atoms. The van der Waals surface area contributed by atoms with Crippen LogP contribution in [0.25, 0.3) is 0 Å². The van der Waals surface area contributed by atoms with Crippen molar-refractivity contribution in [2.24, 2.45) is 0 Å². The Labute approximate surface area is 148 Å². The van der Waals surface area contributed by atoms with E-state index >= 15 is 0 Å². The first-order chi connectivity index (χ1) is 12.2. The maximum absolute atomic E-state index is 12.3. The first-order valence-electron chi connectivity index (χ1n) is 8.84. The van der Waals surface area contributed by atoms with Crippen LogP contribution in [0.2, 0.25) is 0 Å². The van der Waals surface area contributed by atoms with Crippen molar-refractivity contribution in [1.29, 1.82) is 0 Å². The summed E-state index contributed by atoms with van der Waals surface area (Å²) >= 11 is 0. The number of carbonyl (C=O) groups excluding carboxylic acids is 1. The molecule has 0 bridgehead atoms. The SMILES string of the molecule is COc1ccc2c(c1)CCC[C@H]2CC(=O)NC[C@@H](O)c1ccccc1. The average Bonchev–Trinajstić information content (AvgIpc) is 2.66. The van der Waals surface area contributed by atoms with Gasteiger partial charge in [0.15, 0.2) is 0 Å². The van der Waals surface area contributed by atoms with Gasteiger partial charge in [-0.2, -0.15) is 0 Å². The Bertz CT molecular complexity index is 714. The second kappa shape index (κ2) is 8.17. The number of aliphatic hydroxyl groups excluding tert-OH is 1. The van der Waals surface area contributed by atoms with Gasteiger partial charge in [0.25, 0.3) is 0 Å². The van der Waals surface area contributed by atoms with Gasteiger partial charge in [0.1, 0.15) is 5.75 Å². The molecule has 132 valence electrons. The number of aliphatic hydroxyl groups is 1. The average molecular weight is 339 g/mol. The van der Waals surface area contributed by atoms with Crippen LogP contribution in [0.3, 0.4) is 0 Å². The van der Waals surface area contributed by atoms with Crippen LogP contribution < -0.4 is 10.1 Å². The van der Waals surface area contributed by atoms with Crippen LogP contribution in [0.4, 0.5) is 0 Å². The fraction of sp³-hybridized carbons (Fsp3) is 0.381. The smallest absolute Gasteiger partial charge is 0.220 e. The molecule has 0 saturated carbocycles. The van der Waals surface area contributed by atoms with E-state index in [1.807, 2.05) is 36.4 Å². The lowest BCUT2D eigenvalue weighted by Crippen LogP contribution is -2.30. The van der Waals surface area contributed by atoms with E-state index in [0.29, 0.717) is 6.42 Å². The number of hydrogen-bond acceptors (Lipinski definition) is 3. The predicted octanol–water partition coefficient (Wildman–Crippen LogP) is 3.36. The largest absolute Gasteiger partial charge is 0.497 e. The summed E-state index contributed by atoms with van der Waals surface area (Å²) in [4.78, 5) is 12.3. The molecule has 2 aromatic carbocycles. The van der Waals surface area contributed by atoms with Crippen molar-refractivity contribution < 1.29 is 14.6 Å². The van der Waals surface area contributed by atoms with Crippen LogP contribution in [0.15, 0.2) is 48.5 Å². The molecule has 1 aliphatic carbocycles. The third kappa shape index (κ3) is 4.40. The van der Waals surface area contributed by atoms with Crippen molar-refractivity contribution in [3.05, 3.63) is 65.2 Å². The summed E-state index contributed by atoms with van der Waals surface area (Å²) in [5.74, 6) is 1.10. The summed E-state index contributed by atoms with van der Waals surface area (Å²) in [7, 11) is 1.67. The van der Waals surface area contributed by atoms with E-state index in [-0.39, 0.29) is 18.4 Å². The predicted molar refractivity (Wildman–Crippen MR) is 97.7 cm³/mol. The van der Waals surface area contributed by atoms with Gasteiger partial charge in [-0.15, -0.1) is 0 Å². The topological polar surface area (TPSA) is 58.6 Å². The molecular formula is C21H25NO3. The van der Waals surface area contributed by atoms with Crippen LogP contribution >= 0.6 is 0 Å². The number of ether oxygens (including phenoxy) is 1. The number of amides is 1. The van der Waals surface area contributed by atoms with Gasteiger partial charge in [-0.05, 0) is 54.0 Å². The van der Waals surface area contributed by atoms with Gasteiger partial charge < -0.3 is 15.2 Å². The van der Waals surface area contributed by atoms with Crippen LogP contribution in [0.5, 0.6) is 5.75 Å². The van der Waals surface area contributed by atoms with Crippen LogP contribution in [0.1, 0.15) is 48.0 Å². The first kappa shape index (κ1) is 17.5. The molecule has 0 radical (unpaired) electrons. The van der Waals surface area contributed by atoms with Crippen LogP contribution in [0, 0.1) is 0 Å². The molecule has 2 N–H and O–H groups in total. The summed E-state index contributed by atoms with van der Waals surface area (Å²) in [5.41, 5.74) is 3.36. The highest BCUT2D eigenvalue weighted by Gasteiger charge is 2.23. The van der Waals surface area contributed by atoms with Crippen molar-refractivity contribution in [1.82, 2.24) is 5.32 Å². The van der Waals surface area contributed by atoms with Crippen molar-refractivity contribution in [2.75, 3.05) is 13.7 Å². The third-order valence-corrected chi connectivity index (χ3v) is 4.90. The molecule has 4 heteroatoms. The number of hydrogen-bond donors (Lipinski definition) is 2. The van der Waals surface area contributed by atoms with E-state index in [1.54, 1.807) is 7.11 Å². The molecule has 2 aromatic rings. The van der Waals surface area contributed by atoms with Crippen LogP contribution in [-0.4, -0.2) is 24.7 Å². The minimum absolute atomic E-state index is 0.0105. The molecule has 0 spiro atoms. The van der Waals surface area contributed by atoms with Gasteiger partial charge >= 0.3 is 0 Å². The zero-order valence-electron chi connectivity index (χ0n) is 14.6.